The zero-order chi connectivity index (χ0) is 23.7. The van der Waals surface area contributed by atoms with Crippen molar-refractivity contribution < 1.29 is 40.3 Å². The molecule has 2 atom stereocenters. The first-order chi connectivity index (χ1) is 14.9. The maximum absolute atomic E-state index is 14.6. The third-order valence-corrected chi connectivity index (χ3v) is 4.92. The second kappa shape index (κ2) is 8.75. The summed E-state index contributed by atoms with van der Waals surface area (Å²) >= 11 is 0. The first kappa shape index (κ1) is 23.5. The molecule has 0 saturated carbocycles. The minimum absolute atomic E-state index is 0.128. The van der Waals surface area contributed by atoms with Gasteiger partial charge in [-0.05, 0) is 29.8 Å². The number of aliphatic imine (C=N–C) groups is 1. The van der Waals surface area contributed by atoms with Crippen LogP contribution in [0.25, 0.3) is 0 Å². The average molecular weight is 463 g/mol. The molecule has 3 rings (SSSR count). The molecule has 0 amide bonds. The van der Waals surface area contributed by atoms with Crippen molar-refractivity contribution in [1.82, 2.24) is 4.98 Å². The quantitative estimate of drug-likeness (QED) is 0.509. The number of alkyl halides is 6. The number of ketones is 1. The lowest BCUT2D eigenvalue weighted by molar-refractivity contribution is -0.209. The molecule has 1 aromatic heterocycles. The smallest absolute Gasteiger partial charge is 0.425 e. The van der Waals surface area contributed by atoms with Gasteiger partial charge in [-0.25, -0.2) is 22.6 Å². The fourth-order valence-corrected chi connectivity index (χ4v) is 3.30. The molecule has 12 heteroatoms. The Bertz CT molecular complexity index is 1020. The van der Waals surface area contributed by atoms with E-state index in [1.165, 1.54) is 6.07 Å². The summed E-state index contributed by atoms with van der Waals surface area (Å²) in [4.78, 5) is 19.7. The van der Waals surface area contributed by atoms with Crippen molar-refractivity contribution in [2.75, 3.05) is 6.67 Å². The topological polar surface area (TPSA) is 77.6 Å². The molecule has 0 unspecified atom stereocenters. The second-order valence-corrected chi connectivity index (χ2v) is 7.16. The molecule has 0 bridgehead atoms. The highest BCUT2D eigenvalue weighted by atomic mass is 19.4. The van der Waals surface area contributed by atoms with E-state index in [0.717, 1.165) is 30.5 Å². The number of nitrogens with two attached hydrogens (primary N) is 1. The van der Waals surface area contributed by atoms with Gasteiger partial charge >= 0.3 is 6.18 Å². The highest BCUT2D eigenvalue weighted by Gasteiger charge is 2.52. The van der Waals surface area contributed by atoms with Crippen molar-refractivity contribution in [2.45, 2.75) is 37.1 Å². The molecule has 5 nitrogen and oxygen atoms in total. The number of hydrogen-bond acceptors (Lipinski definition) is 5. The van der Waals surface area contributed by atoms with E-state index in [1.807, 2.05) is 0 Å². The van der Waals surface area contributed by atoms with Gasteiger partial charge in [0, 0.05) is 30.2 Å². The van der Waals surface area contributed by atoms with E-state index in [1.54, 1.807) is 0 Å². The molecule has 2 aromatic rings. The zero-order valence-electron chi connectivity index (χ0n) is 16.2. The molecule has 2 heterocycles. The van der Waals surface area contributed by atoms with E-state index in [4.69, 9.17) is 5.73 Å². The maximum Gasteiger partial charge on any atom is 0.425 e. The van der Waals surface area contributed by atoms with Crippen LogP contribution in [0.5, 0.6) is 0 Å². The molecule has 0 saturated heterocycles. The SMILES string of the molecule is NC1=N[C@](CF)(c2cc(CC(=O)c3ccc(C(F)F)cn3)ccc2F)C[C@@H](C(F)(F)F)O1. The van der Waals surface area contributed by atoms with Crippen LogP contribution in [0.4, 0.5) is 30.7 Å². The minimum Gasteiger partial charge on any atom is -0.452 e. The molecule has 172 valence electrons. The fraction of sp³-hybridized carbons (Fsp3) is 0.350. The molecule has 0 aliphatic carbocycles. The Morgan fingerprint density at radius 1 is 1.25 bits per heavy atom. The lowest BCUT2D eigenvalue weighted by atomic mass is 9.83. The van der Waals surface area contributed by atoms with Crippen LogP contribution in [0.1, 0.15) is 40.0 Å². The van der Waals surface area contributed by atoms with Gasteiger partial charge in [0.2, 0.25) is 0 Å². The molecule has 0 spiro atoms. The highest BCUT2D eigenvalue weighted by Crippen LogP contribution is 2.41. The van der Waals surface area contributed by atoms with E-state index in [9.17, 15) is 35.5 Å². The number of carbonyl (C=O) groups is 1. The normalized spacial score (nSPS) is 21.2. The van der Waals surface area contributed by atoms with Crippen LogP contribution in [-0.2, 0) is 16.7 Å². The number of hydrogen-bond donors (Lipinski definition) is 1. The number of Topliss-reactive ketones (excluding diaryl/α,β-unsaturated/α-hetero) is 1. The van der Waals surface area contributed by atoms with Gasteiger partial charge in [-0.15, -0.1) is 0 Å². The number of benzene rings is 1. The highest BCUT2D eigenvalue weighted by molar-refractivity contribution is 5.95. The number of aromatic nitrogens is 1. The molecular formula is C20H16F7N3O2. The number of pyridine rings is 1. The van der Waals surface area contributed by atoms with Crippen molar-refractivity contribution in [2.24, 2.45) is 10.7 Å². The maximum atomic E-state index is 14.6. The number of halogens is 7. The van der Waals surface area contributed by atoms with Crippen LogP contribution in [0.3, 0.4) is 0 Å². The number of ether oxygens (including phenoxy) is 1. The van der Waals surface area contributed by atoms with E-state index in [2.05, 4.69) is 14.7 Å². The van der Waals surface area contributed by atoms with E-state index in [-0.39, 0.29) is 16.8 Å². The summed E-state index contributed by atoms with van der Waals surface area (Å²) in [7, 11) is 0. The summed E-state index contributed by atoms with van der Waals surface area (Å²) in [6.07, 6.45) is -10.8. The lowest BCUT2D eigenvalue weighted by Gasteiger charge is -2.36. The minimum atomic E-state index is -4.90. The van der Waals surface area contributed by atoms with Gasteiger partial charge < -0.3 is 10.5 Å². The molecule has 1 aliphatic rings. The predicted octanol–water partition coefficient (Wildman–Crippen LogP) is 4.41. The van der Waals surface area contributed by atoms with Gasteiger partial charge in [0.1, 0.15) is 23.7 Å². The molecular weight excluding hydrogens is 447 g/mol. The van der Waals surface area contributed by atoms with Crippen molar-refractivity contribution in [1.29, 1.82) is 0 Å². The van der Waals surface area contributed by atoms with Crippen molar-refractivity contribution in [3.05, 3.63) is 64.7 Å². The Balaban J connectivity index is 1.92. The van der Waals surface area contributed by atoms with E-state index in [0.29, 0.717) is 0 Å². The third-order valence-electron chi connectivity index (χ3n) is 4.92. The van der Waals surface area contributed by atoms with E-state index < -0.39 is 66.9 Å². The van der Waals surface area contributed by atoms with Crippen molar-refractivity contribution in [3.63, 3.8) is 0 Å². The standard InChI is InChI=1S/C20H16F7N3O2/c21-9-19(7-16(20(25,26)27)32-18(28)30-19)12-5-10(1-3-13(12)22)6-15(31)14-4-2-11(8-29-14)17(23)24/h1-5,8,16-17H,6-7,9H2,(H2,28,30)/t16-,19+/m0/s1. The lowest BCUT2D eigenvalue weighted by Crippen LogP contribution is -2.48. The largest absolute Gasteiger partial charge is 0.452 e. The number of carbonyl (C=O) groups excluding carboxylic acids is 1. The molecule has 0 radical (unpaired) electrons. The predicted molar refractivity (Wildman–Crippen MR) is 98.4 cm³/mol. The van der Waals surface area contributed by atoms with Gasteiger partial charge in [0.15, 0.2) is 11.9 Å². The van der Waals surface area contributed by atoms with Gasteiger partial charge in [-0.3, -0.25) is 9.78 Å². The summed E-state index contributed by atoms with van der Waals surface area (Å²) in [6.45, 7) is -1.51. The van der Waals surface area contributed by atoms with Crippen LogP contribution in [0.2, 0.25) is 0 Å². The van der Waals surface area contributed by atoms with Gasteiger partial charge in [-0.1, -0.05) is 6.07 Å². The number of rotatable bonds is 6. The van der Waals surface area contributed by atoms with Crippen molar-refractivity contribution in [3.8, 4) is 0 Å². The molecule has 0 fully saturated rings. The number of amidine groups is 1. The summed E-state index contributed by atoms with van der Waals surface area (Å²) < 4.78 is 97.8. The van der Waals surface area contributed by atoms with Crippen LogP contribution in [0, 0.1) is 5.82 Å². The Kier molecular flexibility index (Phi) is 6.42. The Morgan fingerprint density at radius 2 is 1.97 bits per heavy atom. The summed E-state index contributed by atoms with van der Waals surface area (Å²) in [6, 6.07) is 4.25. The summed E-state index contributed by atoms with van der Waals surface area (Å²) in [5.41, 5.74) is 2.08. The first-order valence-corrected chi connectivity index (χ1v) is 9.16. The molecule has 32 heavy (non-hydrogen) atoms. The second-order valence-electron chi connectivity index (χ2n) is 7.16. The van der Waals surface area contributed by atoms with Gasteiger partial charge in [-0.2, -0.15) is 13.2 Å². The first-order valence-electron chi connectivity index (χ1n) is 9.16. The average Bonchev–Trinajstić information content (AvgIpc) is 2.74. The van der Waals surface area contributed by atoms with Gasteiger partial charge in [0.05, 0.1) is 0 Å². The van der Waals surface area contributed by atoms with Crippen LogP contribution >= 0.6 is 0 Å². The Morgan fingerprint density at radius 3 is 2.53 bits per heavy atom. The van der Waals surface area contributed by atoms with Gasteiger partial charge in [0.25, 0.3) is 12.4 Å². The third kappa shape index (κ3) is 4.83. The summed E-state index contributed by atoms with van der Waals surface area (Å²) in [5, 5.41) is 0. The van der Waals surface area contributed by atoms with Crippen LogP contribution in [-0.4, -0.2) is 35.7 Å². The van der Waals surface area contributed by atoms with Crippen LogP contribution < -0.4 is 5.73 Å². The summed E-state index contributed by atoms with van der Waals surface area (Å²) in [5.74, 6) is -1.67. The zero-order valence-corrected chi connectivity index (χ0v) is 16.2. The Hall–Kier alpha value is -3.18. The molecule has 2 N–H and O–H groups in total. The van der Waals surface area contributed by atoms with Crippen molar-refractivity contribution >= 4 is 11.8 Å². The number of nitrogens with zero attached hydrogens (tertiary/aromatic N) is 2. The molecule has 1 aromatic carbocycles. The monoisotopic (exact) mass is 463 g/mol. The fourth-order valence-electron chi connectivity index (χ4n) is 3.30. The van der Waals surface area contributed by atoms with E-state index >= 15 is 0 Å². The van der Waals surface area contributed by atoms with Crippen LogP contribution in [0.15, 0.2) is 41.5 Å². The Labute approximate surface area is 177 Å². The molecule has 1 aliphatic heterocycles.